The molecule has 38 heavy (non-hydrogen) atoms. The third-order valence-electron chi connectivity index (χ3n) is 6.44. The van der Waals surface area contributed by atoms with Crippen molar-refractivity contribution in [3.63, 3.8) is 0 Å². The van der Waals surface area contributed by atoms with E-state index in [0.29, 0.717) is 31.2 Å². The number of likely N-dealkylation sites (tertiary alicyclic amines) is 1. The lowest BCUT2D eigenvalue weighted by Gasteiger charge is -2.39. The number of hydrogen-bond acceptors (Lipinski definition) is 8. The Balaban J connectivity index is 1.14. The average molecular weight is 512 g/mol. The number of nitrogens with zero attached hydrogens (tertiary/aromatic N) is 9. The monoisotopic (exact) mass is 511 g/mol. The minimum atomic E-state index is -0.480. The summed E-state index contributed by atoms with van der Waals surface area (Å²) in [5.41, 5.74) is 4.34. The van der Waals surface area contributed by atoms with Gasteiger partial charge in [-0.05, 0) is 51.5 Å². The quantitative estimate of drug-likeness (QED) is 0.351. The standard InChI is InChI=1S/C27H29N9O2/c1-17-10-29-25-32-31-24(36(25)33-17)8-18-5-6-23-20(7-18)9-21(11-28-23)22-12-30-35(16-22)15-19-13-34(14-19)26(37)38-27(2,3)4/h5-7,9-12,16,19H,8,13-15H2,1-4H3. The summed E-state index contributed by atoms with van der Waals surface area (Å²) in [7, 11) is 0. The molecule has 0 unspecified atom stereocenters. The highest BCUT2D eigenvalue weighted by Gasteiger charge is 2.33. The SMILES string of the molecule is Cc1cnc2nnc(Cc3ccc4ncc(-c5cnn(CC6CN(C(=O)OC(C)(C)C)C6)c5)cc4c3)n2n1. The van der Waals surface area contributed by atoms with Crippen LogP contribution >= 0.6 is 0 Å². The van der Waals surface area contributed by atoms with Crippen molar-refractivity contribution in [2.24, 2.45) is 5.92 Å². The van der Waals surface area contributed by atoms with Crippen LogP contribution in [-0.2, 0) is 17.7 Å². The minimum Gasteiger partial charge on any atom is -0.444 e. The maximum atomic E-state index is 12.2. The minimum absolute atomic E-state index is 0.253. The molecule has 0 radical (unpaired) electrons. The number of carbonyl (C=O) groups is 1. The van der Waals surface area contributed by atoms with Crippen molar-refractivity contribution in [3.8, 4) is 11.1 Å². The zero-order chi connectivity index (χ0) is 26.4. The first-order valence-electron chi connectivity index (χ1n) is 12.6. The Morgan fingerprint density at radius 2 is 1.89 bits per heavy atom. The molecular weight excluding hydrogens is 482 g/mol. The van der Waals surface area contributed by atoms with E-state index in [1.54, 1.807) is 15.6 Å². The van der Waals surface area contributed by atoms with Crippen molar-refractivity contribution in [2.75, 3.05) is 13.1 Å². The maximum Gasteiger partial charge on any atom is 0.410 e. The number of benzene rings is 1. The van der Waals surface area contributed by atoms with Crippen LogP contribution in [0.5, 0.6) is 0 Å². The van der Waals surface area contributed by atoms with Gasteiger partial charge in [-0.1, -0.05) is 6.07 Å². The van der Waals surface area contributed by atoms with Gasteiger partial charge >= 0.3 is 6.09 Å². The Morgan fingerprint density at radius 1 is 1.05 bits per heavy atom. The van der Waals surface area contributed by atoms with E-state index in [1.165, 1.54) is 0 Å². The van der Waals surface area contributed by atoms with Crippen LogP contribution in [0, 0.1) is 12.8 Å². The number of aryl methyl sites for hydroxylation is 1. The van der Waals surface area contributed by atoms with E-state index < -0.39 is 5.60 Å². The molecule has 1 fully saturated rings. The lowest BCUT2D eigenvalue weighted by molar-refractivity contribution is -0.00383. The van der Waals surface area contributed by atoms with Gasteiger partial charge in [-0.15, -0.1) is 10.2 Å². The van der Waals surface area contributed by atoms with E-state index in [1.807, 2.05) is 57.0 Å². The summed E-state index contributed by atoms with van der Waals surface area (Å²) < 4.78 is 9.07. The second-order valence-corrected chi connectivity index (χ2v) is 10.9. The molecule has 0 N–H and O–H groups in total. The van der Waals surface area contributed by atoms with Gasteiger partial charge in [0, 0.05) is 60.9 Å². The molecule has 0 aliphatic carbocycles. The molecule has 11 nitrogen and oxygen atoms in total. The van der Waals surface area contributed by atoms with Crippen LogP contribution in [0.1, 0.15) is 37.9 Å². The fourth-order valence-corrected chi connectivity index (χ4v) is 4.60. The fourth-order valence-electron chi connectivity index (χ4n) is 4.60. The lowest BCUT2D eigenvalue weighted by atomic mass is 10.0. The van der Waals surface area contributed by atoms with Crippen molar-refractivity contribution in [3.05, 3.63) is 66.1 Å². The molecule has 0 atom stereocenters. The Labute approximate surface area is 219 Å². The molecule has 0 saturated carbocycles. The molecule has 1 aliphatic heterocycles. The number of pyridine rings is 1. The second kappa shape index (κ2) is 9.16. The molecule has 0 bridgehead atoms. The topological polar surface area (TPSA) is 116 Å². The van der Waals surface area contributed by atoms with Crippen molar-refractivity contribution in [2.45, 2.75) is 46.3 Å². The van der Waals surface area contributed by atoms with Gasteiger partial charge in [-0.3, -0.25) is 9.67 Å². The number of amides is 1. The molecular formula is C27H29N9O2. The molecule has 5 aromatic rings. The van der Waals surface area contributed by atoms with Crippen LogP contribution in [0.25, 0.3) is 27.8 Å². The third-order valence-corrected chi connectivity index (χ3v) is 6.44. The van der Waals surface area contributed by atoms with Crippen molar-refractivity contribution < 1.29 is 9.53 Å². The number of fused-ring (bicyclic) bond motifs is 2. The van der Waals surface area contributed by atoms with Crippen LogP contribution in [0.15, 0.2) is 49.1 Å². The molecule has 1 aliphatic rings. The number of rotatable bonds is 5. The Hall–Kier alpha value is -4.41. The molecule has 4 aromatic heterocycles. The number of aromatic nitrogens is 8. The van der Waals surface area contributed by atoms with E-state index in [9.17, 15) is 4.79 Å². The summed E-state index contributed by atoms with van der Waals surface area (Å²) in [6.07, 6.45) is 7.79. The highest BCUT2D eigenvalue weighted by molar-refractivity contribution is 5.84. The summed E-state index contributed by atoms with van der Waals surface area (Å²) in [4.78, 5) is 22.9. The molecule has 0 spiro atoms. The summed E-state index contributed by atoms with van der Waals surface area (Å²) >= 11 is 0. The largest absolute Gasteiger partial charge is 0.444 e. The number of carbonyl (C=O) groups excluding carboxylic acids is 1. The predicted molar refractivity (Wildman–Crippen MR) is 140 cm³/mol. The normalized spacial score (nSPS) is 14.3. The molecule has 1 aromatic carbocycles. The fraction of sp³-hybridized carbons (Fsp3) is 0.370. The van der Waals surface area contributed by atoms with Crippen molar-refractivity contribution in [1.82, 2.24) is 44.5 Å². The highest BCUT2D eigenvalue weighted by atomic mass is 16.6. The summed E-state index contributed by atoms with van der Waals surface area (Å²) in [5, 5.41) is 18.5. The van der Waals surface area contributed by atoms with Gasteiger partial charge in [0.25, 0.3) is 5.78 Å². The van der Waals surface area contributed by atoms with Gasteiger partial charge in [0.2, 0.25) is 0 Å². The zero-order valence-electron chi connectivity index (χ0n) is 21.9. The zero-order valence-corrected chi connectivity index (χ0v) is 21.9. The van der Waals surface area contributed by atoms with Gasteiger partial charge in [0.05, 0.1) is 23.6 Å². The van der Waals surface area contributed by atoms with E-state index in [0.717, 1.165) is 45.7 Å². The van der Waals surface area contributed by atoms with Crippen LogP contribution in [0.4, 0.5) is 4.79 Å². The van der Waals surface area contributed by atoms with Crippen molar-refractivity contribution >= 4 is 22.8 Å². The molecule has 1 amide bonds. The Kier molecular flexibility index (Phi) is 5.77. The van der Waals surface area contributed by atoms with E-state index in [-0.39, 0.29) is 6.09 Å². The van der Waals surface area contributed by atoms with E-state index in [2.05, 4.69) is 48.6 Å². The van der Waals surface area contributed by atoms with Crippen LogP contribution in [0.3, 0.4) is 0 Å². The molecule has 6 rings (SSSR count). The molecule has 5 heterocycles. The number of ether oxygens (including phenoxy) is 1. The van der Waals surface area contributed by atoms with E-state index >= 15 is 0 Å². The van der Waals surface area contributed by atoms with E-state index in [4.69, 9.17) is 4.74 Å². The smallest absolute Gasteiger partial charge is 0.410 e. The third kappa shape index (κ3) is 4.91. The molecule has 1 saturated heterocycles. The predicted octanol–water partition coefficient (Wildman–Crippen LogP) is 3.70. The summed E-state index contributed by atoms with van der Waals surface area (Å²) in [5.74, 6) is 1.59. The number of hydrogen-bond donors (Lipinski definition) is 0. The van der Waals surface area contributed by atoms with Gasteiger partial charge < -0.3 is 9.64 Å². The lowest BCUT2D eigenvalue weighted by Crippen LogP contribution is -2.52. The first-order chi connectivity index (χ1) is 18.2. The Bertz CT molecular complexity index is 1640. The van der Waals surface area contributed by atoms with Crippen molar-refractivity contribution in [1.29, 1.82) is 0 Å². The first-order valence-corrected chi connectivity index (χ1v) is 12.6. The van der Waals surface area contributed by atoms with Gasteiger partial charge in [-0.25, -0.2) is 9.78 Å². The molecule has 11 heteroatoms. The van der Waals surface area contributed by atoms with Crippen LogP contribution in [-0.4, -0.2) is 69.2 Å². The van der Waals surface area contributed by atoms with Gasteiger partial charge in [-0.2, -0.15) is 14.7 Å². The van der Waals surface area contributed by atoms with Gasteiger partial charge in [0.15, 0.2) is 5.82 Å². The Morgan fingerprint density at radius 3 is 2.71 bits per heavy atom. The maximum absolute atomic E-state index is 12.2. The highest BCUT2D eigenvalue weighted by Crippen LogP contribution is 2.25. The summed E-state index contributed by atoms with van der Waals surface area (Å²) in [6, 6.07) is 8.33. The van der Waals surface area contributed by atoms with Crippen LogP contribution in [0.2, 0.25) is 0 Å². The first kappa shape index (κ1) is 24.0. The summed E-state index contributed by atoms with van der Waals surface area (Å²) in [6.45, 7) is 9.64. The van der Waals surface area contributed by atoms with Crippen LogP contribution < -0.4 is 0 Å². The second-order valence-electron chi connectivity index (χ2n) is 10.9. The van der Waals surface area contributed by atoms with Gasteiger partial charge in [0.1, 0.15) is 5.60 Å². The average Bonchev–Trinajstić information content (AvgIpc) is 3.46. The molecule has 194 valence electrons.